The van der Waals surface area contributed by atoms with E-state index in [9.17, 15) is 18.8 Å². The summed E-state index contributed by atoms with van der Waals surface area (Å²) in [7, 11) is 1.48. The van der Waals surface area contributed by atoms with E-state index in [2.05, 4.69) is 20.2 Å². The molecule has 2 aromatic heterocycles. The van der Waals surface area contributed by atoms with Gasteiger partial charge in [0, 0.05) is 46.3 Å². The van der Waals surface area contributed by atoms with Crippen molar-refractivity contribution < 1.29 is 9.18 Å². The van der Waals surface area contributed by atoms with Crippen LogP contribution < -0.4 is 21.5 Å². The molecule has 178 valence electrons. The van der Waals surface area contributed by atoms with Gasteiger partial charge in [0.15, 0.2) is 0 Å². The van der Waals surface area contributed by atoms with E-state index in [1.54, 1.807) is 12.1 Å². The number of hydrogen-bond acceptors (Lipinski definition) is 6. The average Bonchev–Trinajstić information content (AvgIpc) is 3.66. The zero-order valence-corrected chi connectivity index (χ0v) is 19.0. The van der Waals surface area contributed by atoms with Crippen LogP contribution in [0.4, 0.5) is 10.1 Å². The van der Waals surface area contributed by atoms with Crippen LogP contribution in [-0.4, -0.2) is 58.6 Å². The lowest BCUT2D eigenvalue weighted by Gasteiger charge is -2.36. The van der Waals surface area contributed by atoms with Crippen molar-refractivity contribution in [3.05, 3.63) is 68.4 Å². The SMILES string of the molecule is CNC(=O)c1ccc(N2CCN(Cc3ccc4c(=O)n(CC5CC5)c(=O)[nH]c4c3)CC2)c(F)n1. The Kier molecular flexibility index (Phi) is 5.91. The minimum atomic E-state index is -0.652. The monoisotopic (exact) mass is 466 g/mol. The van der Waals surface area contributed by atoms with Gasteiger partial charge < -0.3 is 15.2 Å². The molecular weight excluding hydrogens is 439 g/mol. The summed E-state index contributed by atoms with van der Waals surface area (Å²) in [6.45, 7) is 3.82. The molecule has 5 rings (SSSR count). The number of aromatic nitrogens is 3. The van der Waals surface area contributed by atoms with Gasteiger partial charge in [-0.2, -0.15) is 4.39 Å². The number of fused-ring (bicyclic) bond motifs is 1. The number of halogens is 1. The fourth-order valence-electron chi connectivity index (χ4n) is 4.45. The maximum absolute atomic E-state index is 14.5. The van der Waals surface area contributed by atoms with Crippen molar-refractivity contribution in [1.82, 2.24) is 24.8 Å². The van der Waals surface area contributed by atoms with Crippen molar-refractivity contribution in [2.45, 2.75) is 25.9 Å². The number of nitrogens with one attached hydrogen (secondary N) is 2. The average molecular weight is 467 g/mol. The fourth-order valence-corrected chi connectivity index (χ4v) is 4.45. The Morgan fingerprint density at radius 3 is 2.59 bits per heavy atom. The molecule has 1 amide bonds. The molecule has 3 aromatic rings. The van der Waals surface area contributed by atoms with E-state index in [4.69, 9.17) is 0 Å². The quantitative estimate of drug-likeness (QED) is 0.531. The Morgan fingerprint density at radius 1 is 1.15 bits per heavy atom. The predicted molar refractivity (Wildman–Crippen MR) is 127 cm³/mol. The second-order valence-corrected chi connectivity index (χ2v) is 9.02. The van der Waals surface area contributed by atoms with Gasteiger partial charge in [0.25, 0.3) is 11.5 Å². The molecular formula is C24H27FN6O3. The number of H-pyrrole nitrogens is 1. The van der Waals surface area contributed by atoms with E-state index in [0.29, 0.717) is 61.8 Å². The van der Waals surface area contributed by atoms with Crippen LogP contribution >= 0.6 is 0 Å². The van der Waals surface area contributed by atoms with Gasteiger partial charge in [0.1, 0.15) is 5.69 Å². The number of pyridine rings is 1. The number of hydrogen-bond donors (Lipinski definition) is 2. The van der Waals surface area contributed by atoms with Crippen LogP contribution in [0.15, 0.2) is 39.9 Å². The Balaban J connectivity index is 1.25. The first-order valence-corrected chi connectivity index (χ1v) is 11.5. The van der Waals surface area contributed by atoms with E-state index in [-0.39, 0.29) is 16.9 Å². The normalized spacial score (nSPS) is 16.7. The standard InChI is InChI=1S/C24H27FN6O3/c1-26-22(32)18-6-7-20(21(25)27-18)30-10-8-29(9-11-30)13-16-4-5-17-19(12-16)28-24(34)31(23(17)33)14-15-2-3-15/h4-7,12,15H,2-3,8-11,13-14H2,1H3,(H,26,32)(H,28,34). The number of rotatable bonds is 6. The minimum Gasteiger partial charge on any atom is -0.365 e. The lowest BCUT2D eigenvalue weighted by Crippen LogP contribution is -2.46. The van der Waals surface area contributed by atoms with Crippen molar-refractivity contribution in [3.63, 3.8) is 0 Å². The number of piperazine rings is 1. The van der Waals surface area contributed by atoms with E-state index >= 15 is 0 Å². The molecule has 9 nitrogen and oxygen atoms in total. The predicted octanol–water partition coefficient (Wildman–Crippen LogP) is 1.32. The third-order valence-electron chi connectivity index (χ3n) is 6.59. The molecule has 0 bridgehead atoms. The van der Waals surface area contributed by atoms with Gasteiger partial charge in [0.2, 0.25) is 5.95 Å². The van der Waals surface area contributed by atoms with Crippen molar-refractivity contribution in [2.24, 2.45) is 5.92 Å². The topological polar surface area (TPSA) is 103 Å². The summed E-state index contributed by atoms with van der Waals surface area (Å²) in [5.41, 5.74) is 1.41. The van der Waals surface area contributed by atoms with Gasteiger partial charge in [-0.25, -0.2) is 9.78 Å². The number of benzene rings is 1. The van der Waals surface area contributed by atoms with Crippen LogP contribution in [0.25, 0.3) is 10.9 Å². The van der Waals surface area contributed by atoms with Crippen LogP contribution in [0.5, 0.6) is 0 Å². The highest BCUT2D eigenvalue weighted by molar-refractivity contribution is 5.92. The molecule has 2 N–H and O–H groups in total. The van der Waals surface area contributed by atoms with E-state index in [0.717, 1.165) is 18.4 Å². The van der Waals surface area contributed by atoms with Crippen molar-refractivity contribution in [3.8, 4) is 0 Å². The molecule has 0 radical (unpaired) electrons. The molecule has 0 spiro atoms. The smallest absolute Gasteiger partial charge is 0.328 e. The van der Waals surface area contributed by atoms with Crippen LogP contribution in [-0.2, 0) is 13.1 Å². The van der Waals surface area contributed by atoms with Gasteiger partial charge in [-0.05, 0) is 48.6 Å². The van der Waals surface area contributed by atoms with Crippen molar-refractivity contribution in [1.29, 1.82) is 0 Å². The summed E-state index contributed by atoms with van der Waals surface area (Å²) >= 11 is 0. The zero-order valence-electron chi connectivity index (χ0n) is 19.0. The Morgan fingerprint density at radius 2 is 1.91 bits per heavy atom. The van der Waals surface area contributed by atoms with Gasteiger partial charge in [0.05, 0.1) is 16.6 Å². The minimum absolute atomic E-state index is 0.0519. The first-order valence-electron chi connectivity index (χ1n) is 11.5. The molecule has 1 aliphatic heterocycles. The first kappa shape index (κ1) is 22.3. The highest BCUT2D eigenvalue weighted by Gasteiger charge is 2.24. The maximum atomic E-state index is 14.5. The molecule has 10 heteroatoms. The van der Waals surface area contributed by atoms with E-state index < -0.39 is 11.9 Å². The van der Waals surface area contributed by atoms with E-state index in [1.807, 2.05) is 17.0 Å². The molecule has 34 heavy (non-hydrogen) atoms. The number of carbonyl (C=O) groups excluding carboxylic acids is 1. The fraction of sp³-hybridized carbons (Fsp3) is 0.417. The second-order valence-electron chi connectivity index (χ2n) is 9.02. The lowest BCUT2D eigenvalue weighted by molar-refractivity contribution is 0.0957. The van der Waals surface area contributed by atoms with Gasteiger partial charge in [-0.3, -0.25) is 19.1 Å². The Hall–Kier alpha value is -3.53. The van der Waals surface area contributed by atoms with Gasteiger partial charge >= 0.3 is 5.69 Å². The third-order valence-corrected chi connectivity index (χ3v) is 6.59. The van der Waals surface area contributed by atoms with Crippen LogP contribution in [0.1, 0.15) is 28.9 Å². The largest absolute Gasteiger partial charge is 0.365 e. The number of anilines is 1. The summed E-state index contributed by atoms with van der Waals surface area (Å²) in [6.07, 6.45) is 2.14. The Labute approximate surface area is 195 Å². The number of nitrogens with zero attached hydrogens (tertiary/aromatic N) is 4. The Bertz CT molecular complexity index is 1360. The molecule has 1 saturated carbocycles. The molecule has 3 heterocycles. The molecule has 0 unspecified atom stereocenters. The number of aromatic amines is 1. The third kappa shape index (κ3) is 4.45. The van der Waals surface area contributed by atoms with Gasteiger partial charge in [-0.15, -0.1) is 0 Å². The summed E-state index contributed by atoms with van der Waals surface area (Å²) in [4.78, 5) is 47.7. The lowest BCUT2D eigenvalue weighted by atomic mass is 10.1. The number of carbonyl (C=O) groups is 1. The van der Waals surface area contributed by atoms with E-state index in [1.165, 1.54) is 17.7 Å². The molecule has 0 atom stereocenters. The van der Waals surface area contributed by atoms with Crippen LogP contribution in [0, 0.1) is 11.9 Å². The summed E-state index contributed by atoms with van der Waals surface area (Å²) in [5.74, 6) is -0.638. The van der Waals surface area contributed by atoms with Crippen molar-refractivity contribution in [2.75, 3.05) is 38.1 Å². The highest BCUT2D eigenvalue weighted by atomic mass is 19.1. The molecule has 2 fully saturated rings. The summed E-state index contributed by atoms with van der Waals surface area (Å²) in [5, 5.41) is 2.96. The molecule has 1 aliphatic carbocycles. The van der Waals surface area contributed by atoms with Crippen molar-refractivity contribution >= 4 is 22.5 Å². The molecule has 2 aliphatic rings. The zero-order chi connectivity index (χ0) is 23.8. The maximum Gasteiger partial charge on any atom is 0.328 e. The molecule has 1 saturated heterocycles. The summed E-state index contributed by atoms with van der Waals surface area (Å²) in [6, 6.07) is 8.71. The first-order chi connectivity index (χ1) is 16.4. The van der Waals surface area contributed by atoms with Crippen LogP contribution in [0.2, 0.25) is 0 Å². The molecule has 1 aromatic carbocycles. The second kappa shape index (κ2) is 9.02. The van der Waals surface area contributed by atoms with Crippen LogP contribution in [0.3, 0.4) is 0 Å². The summed E-state index contributed by atoms with van der Waals surface area (Å²) < 4.78 is 15.8. The number of amides is 1. The van der Waals surface area contributed by atoms with Gasteiger partial charge in [-0.1, -0.05) is 6.07 Å². The highest BCUT2D eigenvalue weighted by Crippen LogP contribution is 2.29.